The van der Waals surface area contributed by atoms with Crippen LogP contribution in [0.3, 0.4) is 0 Å². The highest BCUT2D eigenvalue weighted by Gasteiger charge is 2.21. The Balaban J connectivity index is 0.992. The maximum Gasteiger partial charge on any atom is 0.0468 e. The molecule has 2 nitrogen and oxygen atoms in total. The molecule has 11 rings (SSSR count). The van der Waals surface area contributed by atoms with Crippen LogP contribution in [0.1, 0.15) is 87.2 Å². The maximum absolute atomic E-state index is 2.42. The molecule has 1 heterocycles. The summed E-state index contributed by atoms with van der Waals surface area (Å²) in [5, 5.41) is 7.84. The molecule has 2 saturated carbocycles. The van der Waals surface area contributed by atoms with Gasteiger partial charge in [-0.3, -0.25) is 0 Å². The molecule has 9 aromatic rings. The Morgan fingerprint density at radius 3 is 1.12 bits per heavy atom. The average molecular weight is 783 g/mol. The molecule has 8 aromatic carbocycles. The number of thiophene rings is 1. The molecular formula is C56H50N2S. The lowest BCUT2D eigenvalue weighted by Crippen LogP contribution is -2.10. The number of anilines is 6. The maximum atomic E-state index is 2.42. The molecule has 2 aliphatic carbocycles. The van der Waals surface area contributed by atoms with Gasteiger partial charge in [0.05, 0.1) is 0 Å². The van der Waals surface area contributed by atoms with Crippen molar-refractivity contribution in [2.24, 2.45) is 0 Å². The predicted octanol–water partition coefficient (Wildman–Crippen LogP) is 17.4. The molecule has 0 radical (unpaired) electrons. The van der Waals surface area contributed by atoms with E-state index in [9.17, 15) is 0 Å². The van der Waals surface area contributed by atoms with E-state index in [1.54, 1.807) is 0 Å². The summed E-state index contributed by atoms with van der Waals surface area (Å²) in [5.74, 6) is 1.39. The van der Waals surface area contributed by atoms with E-state index in [1.807, 2.05) is 11.3 Å². The van der Waals surface area contributed by atoms with Gasteiger partial charge in [-0.15, -0.1) is 11.3 Å². The zero-order valence-electron chi connectivity index (χ0n) is 33.7. The van der Waals surface area contributed by atoms with Crippen LogP contribution in [0, 0.1) is 0 Å². The second kappa shape index (κ2) is 15.7. The number of nitrogens with zero attached hydrogens (tertiary/aromatic N) is 2. The average Bonchev–Trinajstić information content (AvgIpc) is 3.71. The Labute approximate surface area is 352 Å². The van der Waals surface area contributed by atoms with Crippen LogP contribution < -0.4 is 9.80 Å². The predicted molar refractivity (Wildman–Crippen MR) is 255 cm³/mol. The van der Waals surface area contributed by atoms with Crippen molar-refractivity contribution in [3.05, 3.63) is 181 Å². The fraction of sp³-hybridized carbons (Fsp3) is 0.214. The summed E-state index contributed by atoms with van der Waals surface area (Å²) in [6, 6.07) is 64.0. The van der Waals surface area contributed by atoms with Gasteiger partial charge in [-0.2, -0.15) is 0 Å². The largest absolute Gasteiger partial charge is 0.310 e. The monoisotopic (exact) mass is 782 g/mol. The highest BCUT2D eigenvalue weighted by atomic mass is 32.1. The van der Waals surface area contributed by atoms with E-state index < -0.39 is 0 Å². The number of hydrogen-bond acceptors (Lipinski definition) is 3. The number of benzene rings is 8. The second-order valence-electron chi connectivity index (χ2n) is 17.0. The smallest absolute Gasteiger partial charge is 0.0468 e. The van der Waals surface area contributed by atoms with Gasteiger partial charge in [0.25, 0.3) is 0 Å². The van der Waals surface area contributed by atoms with Crippen molar-refractivity contribution in [1.29, 1.82) is 0 Å². The van der Waals surface area contributed by atoms with Gasteiger partial charge in [0.15, 0.2) is 0 Å². The Morgan fingerprint density at radius 1 is 0.339 bits per heavy atom. The molecule has 0 spiro atoms. The van der Waals surface area contributed by atoms with Gasteiger partial charge >= 0.3 is 0 Å². The number of hydrogen-bond donors (Lipinski definition) is 0. The first kappa shape index (κ1) is 36.2. The Kier molecular flexibility index (Phi) is 9.63. The van der Waals surface area contributed by atoms with Gasteiger partial charge in [-0.25, -0.2) is 0 Å². The standard InChI is InChI=1S/C56H50N2S/c1-5-13-39(14-6-1)41-21-27-47(28-22-41)57(45-17-9-3-10-18-45)49-31-33-51-43(37-49)25-35-53-55(51)56-52-34-32-50(38-44(52)26-36-54(56)59-53)58(46-19-11-4-12-20-46)48-29-23-42(24-30-48)40-15-7-2-8-16-40/h3-4,9-12,17-40H,1-2,5-8,13-16H2. The fourth-order valence-electron chi connectivity index (χ4n) is 10.4. The van der Waals surface area contributed by atoms with E-state index in [-0.39, 0.29) is 0 Å². The molecule has 0 saturated heterocycles. The van der Waals surface area contributed by atoms with Crippen molar-refractivity contribution >= 4 is 87.2 Å². The van der Waals surface area contributed by atoms with E-state index in [1.165, 1.54) is 151 Å². The molecule has 290 valence electrons. The molecule has 1 aromatic heterocycles. The first-order chi connectivity index (χ1) is 29.2. The molecule has 0 atom stereocenters. The van der Waals surface area contributed by atoms with Crippen molar-refractivity contribution in [2.45, 2.75) is 76.0 Å². The van der Waals surface area contributed by atoms with E-state index in [0.29, 0.717) is 11.8 Å². The molecule has 0 aliphatic heterocycles. The Bertz CT molecular complexity index is 2680. The summed E-state index contributed by atoms with van der Waals surface area (Å²) in [6.07, 6.45) is 13.4. The SMILES string of the molecule is c1ccc(N(c2ccc(C3CCCCC3)cc2)c2ccc3c(ccc4sc5ccc6cc(N(c7ccccc7)c7ccc(C8CCCCC8)cc7)ccc6c5c43)c2)cc1. The molecule has 3 heteroatoms. The molecule has 59 heavy (non-hydrogen) atoms. The van der Waals surface area contributed by atoms with Gasteiger partial charge in [-0.05, 0) is 155 Å². The molecule has 0 amide bonds. The van der Waals surface area contributed by atoms with Crippen molar-refractivity contribution in [1.82, 2.24) is 0 Å². The highest BCUT2D eigenvalue weighted by Crippen LogP contribution is 2.46. The lowest BCUT2D eigenvalue weighted by Gasteiger charge is -2.27. The van der Waals surface area contributed by atoms with Crippen LogP contribution in [0.5, 0.6) is 0 Å². The molecule has 0 unspecified atom stereocenters. The van der Waals surface area contributed by atoms with Crippen LogP contribution >= 0.6 is 11.3 Å². The van der Waals surface area contributed by atoms with Gasteiger partial charge in [0.1, 0.15) is 0 Å². The molecular weight excluding hydrogens is 733 g/mol. The highest BCUT2D eigenvalue weighted by molar-refractivity contribution is 7.26. The molecule has 0 N–H and O–H groups in total. The summed E-state index contributed by atoms with van der Waals surface area (Å²) in [6.45, 7) is 0. The van der Waals surface area contributed by atoms with Crippen LogP contribution in [-0.2, 0) is 0 Å². The normalized spacial score (nSPS) is 15.3. The minimum Gasteiger partial charge on any atom is -0.310 e. The summed E-state index contributed by atoms with van der Waals surface area (Å²) < 4.78 is 2.66. The van der Waals surface area contributed by atoms with Crippen LogP contribution in [0.25, 0.3) is 41.7 Å². The number of rotatable bonds is 8. The van der Waals surface area contributed by atoms with Crippen molar-refractivity contribution < 1.29 is 0 Å². The Hall–Kier alpha value is -5.90. The third-order valence-electron chi connectivity index (χ3n) is 13.4. The minimum atomic E-state index is 0.694. The molecule has 2 aliphatic rings. The fourth-order valence-corrected chi connectivity index (χ4v) is 11.5. The first-order valence-corrected chi connectivity index (χ1v) is 22.8. The number of fused-ring (bicyclic) bond motifs is 7. The lowest BCUT2D eigenvalue weighted by atomic mass is 9.84. The summed E-state index contributed by atoms with van der Waals surface area (Å²) in [4.78, 5) is 4.83. The topological polar surface area (TPSA) is 6.48 Å². The summed E-state index contributed by atoms with van der Waals surface area (Å²) in [5.41, 5.74) is 10.1. The van der Waals surface area contributed by atoms with E-state index in [4.69, 9.17) is 0 Å². The van der Waals surface area contributed by atoms with Crippen LogP contribution in [0.4, 0.5) is 34.1 Å². The van der Waals surface area contributed by atoms with Gasteiger partial charge < -0.3 is 9.80 Å². The van der Waals surface area contributed by atoms with Crippen LogP contribution in [0.15, 0.2) is 170 Å². The van der Waals surface area contributed by atoms with Gasteiger partial charge in [-0.1, -0.05) is 123 Å². The van der Waals surface area contributed by atoms with E-state index >= 15 is 0 Å². The van der Waals surface area contributed by atoms with Crippen molar-refractivity contribution in [3.8, 4) is 0 Å². The van der Waals surface area contributed by atoms with Crippen LogP contribution in [0.2, 0.25) is 0 Å². The zero-order valence-corrected chi connectivity index (χ0v) is 34.5. The first-order valence-electron chi connectivity index (χ1n) is 22.0. The van der Waals surface area contributed by atoms with Crippen molar-refractivity contribution in [3.63, 3.8) is 0 Å². The molecule has 0 bridgehead atoms. The Morgan fingerprint density at radius 2 is 0.712 bits per heavy atom. The van der Waals surface area contributed by atoms with Gasteiger partial charge in [0.2, 0.25) is 0 Å². The summed E-state index contributed by atoms with van der Waals surface area (Å²) >= 11 is 1.90. The van der Waals surface area contributed by atoms with Crippen LogP contribution in [-0.4, -0.2) is 0 Å². The minimum absolute atomic E-state index is 0.694. The van der Waals surface area contributed by atoms with Crippen molar-refractivity contribution in [2.75, 3.05) is 9.80 Å². The van der Waals surface area contributed by atoms with E-state index in [0.717, 1.165) is 0 Å². The molecule has 2 fully saturated rings. The lowest BCUT2D eigenvalue weighted by molar-refractivity contribution is 0.443. The third-order valence-corrected chi connectivity index (χ3v) is 14.5. The quantitative estimate of drug-likeness (QED) is 0.151. The zero-order chi connectivity index (χ0) is 39.1. The second-order valence-corrected chi connectivity index (χ2v) is 18.1. The van der Waals surface area contributed by atoms with Gasteiger partial charge in [0, 0.05) is 54.3 Å². The number of para-hydroxylation sites is 2. The third kappa shape index (κ3) is 6.86. The summed E-state index contributed by atoms with van der Waals surface area (Å²) in [7, 11) is 0. The van der Waals surface area contributed by atoms with E-state index in [2.05, 4.69) is 180 Å².